The number of anilines is 2. The van der Waals surface area contributed by atoms with Crippen molar-refractivity contribution in [2.75, 3.05) is 17.4 Å². The Balaban J connectivity index is 1.30. The second-order valence-electron chi connectivity index (χ2n) is 9.16. The van der Waals surface area contributed by atoms with Crippen LogP contribution in [-0.2, 0) is 4.79 Å². The molecule has 2 aliphatic heterocycles. The van der Waals surface area contributed by atoms with Crippen molar-refractivity contribution in [2.45, 2.75) is 6.92 Å². The van der Waals surface area contributed by atoms with Crippen LogP contribution in [0.2, 0.25) is 0 Å². The Morgan fingerprint density at radius 1 is 0.976 bits per heavy atom. The Labute approximate surface area is 234 Å². The van der Waals surface area contributed by atoms with Crippen molar-refractivity contribution in [1.29, 1.82) is 0 Å². The number of benzene rings is 3. The van der Waals surface area contributed by atoms with Gasteiger partial charge in [-0.2, -0.15) is 9.78 Å². The van der Waals surface area contributed by atoms with Gasteiger partial charge in [0.2, 0.25) is 0 Å². The van der Waals surface area contributed by atoms with Gasteiger partial charge in [0.25, 0.3) is 17.4 Å². The standard InChI is InChI=1S/C30H23N7O4/c1-18-16-25(38)37-28(31-18)26(29(39)35-37)34-33-21-12-10-20(11-13-21)27-32-24(17-19-8-14-23(41-2)15-9-19)30(40)36(27)22-6-4-3-5-7-22/h3-17,33H,1-2H3,(H,35,39)/b24-17+,34-26-. The van der Waals surface area contributed by atoms with Crippen molar-refractivity contribution in [3.63, 3.8) is 0 Å². The molecule has 3 heterocycles. The van der Waals surface area contributed by atoms with Gasteiger partial charge in [0.05, 0.1) is 18.5 Å². The summed E-state index contributed by atoms with van der Waals surface area (Å²) in [6.07, 6.45) is 1.74. The van der Waals surface area contributed by atoms with Gasteiger partial charge in [0, 0.05) is 17.3 Å². The molecule has 1 amide bonds. The molecule has 6 rings (SSSR count). The molecule has 0 bridgehead atoms. The molecule has 202 valence electrons. The van der Waals surface area contributed by atoms with Crippen LogP contribution in [0.3, 0.4) is 0 Å². The first-order valence-corrected chi connectivity index (χ1v) is 12.6. The van der Waals surface area contributed by atoms with E-state index in [4.69, 9.17) is 9.73 Å². The number of amides is 1. The molecular formula is C30H23N7O4. The molecule has 4 aromatic rings. The van der Waals surface area contributed by atoms with Crippen molar-refractivity contribution in [2.24, 2.45) is 15.2 Å². The molecular weight excluding hydrogens is 522 g/mol. The summed E-state index contributed by atoms with van der Waals surface area (Å²) in [5.74, 6) is 0.678. The lowest BCUT2D eigenvalue weighted by Gasteiger charge is -2.18. The predicted octanol–water partition coefficient (Wildman–Crippen LogP) is 3.94. The Kier molecular flexibility index (Phi) is 6.44. The molecule has 41 heavy (non-hydrogen) atoms. The number of para-hydroxylation sites is 1. The highest BCUT2D eigenvalue weighted by Gasteiger charge is 2.32. The molecule has 3 aromatic carbocycles. The summed E-state index contributed by atoms with van der Waals surface area (Å²) < 4.78 is 6.22. The third-order valence-electron chi connectivity index (χ3n) is 6.38. The van der Waals surface area contributed by atoms with Gasteiger partial charge >= 0.3 is 0 Å². The summed E-state index contributed by atoms with van der Waals surface area (Å²) in [6, 6.07) is 25.2. The average Bonchev–Trinajstić information content (AvgIpc) is 3.48. The summed E-state index contributed by atoms with van der Waals surface area (Å²) in [7, 11) is 1.60. The Morgan fingerprint density at radius 2 is 1.71 bits per heavy atom. The second-order valence-corrected chi connectivity index (χ2v) is 9.16. The molecule has 11 heteroatoms. The van der Waals surface area contributed by atoms with E-state index in [9.17, 15) is 14.7 Å². The molecule has 1 aromatic heterocycles. The number of hydrazone groups is 1. The van der Waals surface area contributed by atoms with E-state index in [2.05, 4.69) is 20.6 Å². The van der Waals surface area contributed by atoms with Gasteiger partial charge in [-0.1, -0.05) is 30.3 Å². The number of ether oxygens (including phenoxy) is 1. The van der Waals surface area contributed by atoms with Crippen LogP contribution < -0.4 is 20.6 Å². The number of hydrogen-bond donors (Lipinski definition) is 2. The number of nitrogens with one attached hydrogen (secondary N) is 1. The molecule has 0 saturated carbocycles. The predicted molar refractivity (Wildman–Crippen MR) is 157 cm³/mol. The van der Waals surface area contributed by atoms with Crippen LogP contribution in [0.4, 0.5) is 11.4 Å². The van der Waals surface area contributed by atoms with Crippen LogP contribution in [-0.4, -0.2) is 45.2 Å². The number of fused-ring (bicyclic) bond motifs is 1. The van der Waals surface area contributed by atoms with Gasteiger partial charge in [0.1, 0.15) is 17.3 Å². The highest BCUT2D eigenvalue weighted by Crippen LogP contribution is 2.28. The fourth-order valence-electron chi connectivity index (χ4n) is 4.38. The third-order valence-corrected chi connectivity index (χ3v) is 6.38. The number of aliphatic hydroxyl groups is 1. The fourth-order valence-corrected chi connectivity index (χ4v) is 4.38. The summed E-state index contributed by atoms with van der Waals surface area (Å²) in [4.78, 5) is 36.2. The quantitative estimate of drug-likeness (QED) is 0.278. The van der Waals surface area contributed by atoms with Crippen LogP contribution in [0.1, 0.15) is 22.6 Å². The van der Waals surface area contributed by atoms with Gasteiger partial charge in [-0.3, -0.25) is 19.9 Å². The number of carbonyl (C=O) groups is 1. The molecule has 2 aliphatic rings. The topological polar surface area (TPSA) is 134 Å². The molecule has 0 spiro atoms. The lowest BCUT2D eigenvalue weighted by atomic mass is 10.1. The van der Waals surface area contributed by atoms with E-state index >= 15 is 0 Å². The first-order chi connectivity index (χ1) is 19.9. The molecule has 0 aliphatic carbocycles. The van der Waals surface area contributed by atoms with Crippen molar-refractivity contribution >= 4 is 40.8 Å². The van der Waals surface area contributed by atoms with Crippen molar-refractivity contribution in [3.05, 3.63) is 124 Å². The van der Waals surface area contributed by atoms with Gasteiger partial charge in [-0.25, -0.2) is 9.98 Å². The lowest BCUT2D eigenvalue weighted by Crippen LogP contribution is -2.32. The molecule has 11 nitrogen and oxygen atoms in total. The molecule has 2 N–H and O–H groups in total. The Bertz CT molecular complexity index is 1840. The third kappa shape index (κ3) is 4.87. The molecule has 0 atom stereocenters. The van der Waals surface area contributed by atoms with Gasteiger partial charge in [0.15, 0.2) is 11.5 Å². The first-order valence-electron chi connectivity index (χ1n) is 12.6. The molecule has 0 fully saturated rings. The summed E-state index contributed by atoms with van der Waals surface area (Å²) in [5.41, 5.74) is 6.09. The van der Waals surface area contributed by atoms with E-state index in [1.54, 1.807) is 37.1 Å². The number of methoxy groups -OCH3 is 1. The number of aromatic nitrogens is 2. The number of amidine groups is 1. The van der Waals surface area contributed by atoms with E-state index in [0.29, 0.717) is 34.2 Å². The lowest BCUT2D eigenvalue weighted by molar-refractivity contribution is -0.113. The number of rotatable bonds is 6. The maximum atomic E-state index is 13.5. The van der Waals surface area contributed by atoms with Crippen LogP contribution in [0.25, 0.3) is 6.08 Å². The van der Waals surface area contributed by atoms with E-state index in [-0.39, 0.29) is 17.4 Å². The summed E-state index contributed by atoms with van der Waals surface area (Å²) in [5, 5.41) is 18.3. The van der Waals surface area contributed by atoms with Gasteiger partial charge in [-0.15, -0.1) is 5.10 Å². The first kappa shape index (κ1) is 25.4. The zero-order chi connectivity index (χ0) is 28.5. The number of carbonyl (C=O) groups excluding carboxylic acids is 1. The molecule has 0 saturated heterocycles. The van der Waals surface area contributed by atoms with Crippen molar-refractivity contribution < 1.29 is 14.6 Å². The number of aryl methyl sites for hydroxylation is 1. The summed E-state index contributed by atoms with van der Waals surface area (Å²) in [6.45, 7) is 1.67. The van der Waals surface area contributed by atoms with Crippen LogP contribution in [0.5, 0.6) is 5.75 Å². The van der Waals surface area contributed by atoms with E-state index in [1.807, 2.05) is 66.7 Å². The fraction of sp³-hybridized carbons (Fsp3) is 0.0667. The van der Waals surface area contributed by atoms with E-state index in [0.717, 1.165) is 16.0 Å². The molecule has 0 radical (unpaired) electrons. The van der Waals surface area contributed by atoms with Crippen molar-refractivity contribution in [1.82, 2.24) is 9.66 Å². The molecule has 0 unspecified atom stereocenters. The maximum Gasteiger partial charge on any atom is 0.282 e. The van der Waals surface area contributed by atoms with Crippen LogP contribution >= 0.6 is 0 Å². The van der Waals surface area contributed by atoms with Crippen molar-refractivity contribution in [3.8, 4) is 5.75 Å². The van der Waals surface area contributed by atoms with E-state index < -0.39 is 11.5 Å². The monoisotopic (exact) mass is 545 g/mol. The average molecular weight is 546 g/mol. The minimum atomic E-state index is -0.419. The number of aliphatic imine (C=N–C) groups is 1. The van der Waals surface area contributed by atoms with E-state index in [1.165, 1.54) is 6.07 Å². The Morgan fingerprint density at radius 3 is 2.41 bits per heavy atom. The second kappa shape index (κ2) is 10.4. The highest BCUT2D eigenvalue weighted by atomic mass is 16.5. The summed E-state index contributed by atoms with van der Waals surface area (Å²) >= 11 is 0. The van der Waals surface area contributed by atoms with Crippen LogP contribution in [0.15, 0.2) is 111 Å². The largest absolute Gasteiger partial charge is 0.497 e. The minimum Gasteiger partial charge on any atom is -0.497 e. The highest BCUT2D eigenvalue weighted by molar-refractivity contribution is 6.45. The normalized spacial score (nSPS) is 16.1. The number of aliphatic hydroxyl groups excluding tert-OH is 1. The Hall–Kier alpha value is -5.84. The smallest absolute Gasteiger partial charge is 0.282 e. The van der Waals surface area contributed by atoms with Gasteiger partial charge in [-0.05, 0) is 67.1 Å². The van der Waals surface area contributed by atoms with Crippen LogP contribution in [0, 0.1) is 6.92 Å². The zero-order valence-corrected chi connectivity index (χ0v) is 22.0. The number of hydrogen-bond acceptors (Lipinski definition) is 8. The minimum absolute atomic E-state index is 0.0456. The maximum absolute atomic E-state index is 13.5. The number of nitrogens with zero attached hydrogens (tertiary/aromatic N) is 6. The zero-order valence-electron chi connectivity index (χ0n) is 22.0. The van der Waals surface area contributed by atoms with Gasteiger partial charge < -0.3 is 9.84 Å². The SMILES string of the molecule is COc1ccc(/C=C2/N=C(c3ccc(N/N=C4\C(O)=Nn5c4nc(C)cc5=O)cc3)N(c3ccccc3)C2=O)cc1.